The first-order valence-corrected chi connectivity index (χ1v) is 6.79. The number of carbonyl (C=O) groups is 1. The highest BCUT2D eigenvalue weighted by Gasteiger charge is 2.22. The molecule has 2 rings (SSSR count). The zero-order valence-corrected chi connectivity index (χ0v) is 12.7. The lowest BCUT2D eigenvalue weighted by atomic mass is 10.0. The molecule has 0 saturated carbocycles. The van der Waals surface area contributed by atoms with Crippen molar-refractivity contribution in [3.8, 4) is 6.07 Å². The first-order chi connectivity index (χ1) is 10.6. The van der Waals surface area contributed by atoms with E-state index in [1.807, 2.05) is 13.8 Å². The highest BCUT2D eigenvalue weighted by atomic mass is 16.5. The maximum Gasteiger partial charge on any atom is 0.327 e. The molecule has 0 spiro atoms. The standard InChI is InChI=1S/C16H17N3O3/c1-10-14(11(2)22-19-10)9-18-15(16(20)21-3)13-6-4-5-12(7-13)8-17/h4-7,15,18H,9H2,1-3H3/t15-/m1/s1. The van der Waals surface area contributed by atoms with Gasteiger partial charge in [-0.2, -0.15) is 5.26 Å². The molecule has 1 N–H and O–H groups in total. The monoisotopic (exact) mass is 299 g/mol. The molecule has 1 heterocycles. The lowest BCUT2D eigenvalue weighted by Gasteiger charge is -2.17. The van der Waals surface area contributed by atoms with Crippen LogP contribution in [0.4, 0.5) is 0 Å². The van der Waals surface area contributed by atoms with Crippen molar-refractivity contribution in [3.63, 3.8) is 0 Å². The van der Waals surface area contributed by atoms with Crippen LogP contribution in [0.1, 0.15) is 34.2 Å². The number of ether oxygens (including phenoxy) is 1. The highest BCUT2D eigenvalue weighted by molar-refractivity contribution is 5.77. The van der Waals surface area contributed by atoms with Gasteiger partial charge in [0.1, 0.15) is 11.8 Å². The number of hydrogen-bond donors (Lipinski definition) is 1. The summed E-state index contributed by atoms with van der Waals surface area (Å²) in [5.74, 6) is 0.293. The number of nitrogens with one attached hydrogen (secondary N) is 1. The van der Waals surface area contributed by atoms with E-state index in [2.05, 4.69) is 16.5 Å². The Bertz CT molecular complexity index is 696. The predicted molar refractivity (Wildman–Crippen MR) is 78.7 cm³/mol. The van der Waals surface area contributed by atoms with Crippen LogP contribution in [0, 0.1) is 25.2 Å². The topological polar surface area (TPSA) is 88.2 Å². The Morgan fingerprint density at radius 2 is 2.27 bits per heavy atom. The van der Waals surface area contributed by atoms with Crippen molar-refractivity contribution >= 4 is 5.97 Å². The number of aromatic nitrogens is 1. The van der Waals surface area contributed by atoms with E-state index >= 15 is 0 Å². The highest BCUT2D eigenvalue weighted by Crippen LogP contribution is 2.19. The molecule has 0 radical (unpaired) electrons. The number of esters is 1. The smallest absolute Gasteiger partial charge is 0.327 e. The molecule has 0 bridgehead atoms. The largest absolute Gasteiger partial charge is 0.468 e. The van der Waals surface area contributed by atoms with Crippen LogP contribution in [-0.2, 0) is 16.1 Å². The van der Waals surface area contributed by atoms with Crippen LogP contribution in [0.5, 0.6) is 0 Å². The fraction of sp³-hybridized carbons (Fsp3) is 0.312. The Hall–Kier alpha value is -2.65. The summed E-state index contributed by atoms with van der Waals surface area (Å²) in [6.07, 6.45) is 0. The van der Waals surface area contributed by atoms with E-state index < -0.39 is 12.0 Å². The average Bonchev–Trinajstić information content (AvgIpc) is 2.86. The van der Waals surface area contributed by atoms with Crippen molar-refractivity contribution in [2.45, 2.75) is 26.4 Å². The quantitative estimate of drug-likeness (QED) is 0.851. The van der Waals surface area contributed by atoms with Crippen LogP contribution in [-0.4, -0.2) is 18.2 Å². The minimum Gasteiger partial charge on any atom is -0.468 e. The third kappa shape index (κ3) is 3.32. The minimum absolute atomic E-state index is 0.414. The maximum atomic E-state index is 12.0. The van der Waals surface area contributed by atoms with Gasteiger partial charge in [0, 0.05) is 12.1 Å². The Labute approximate surface area is 128 Å². The molecule has 2 aromatic rings. The number of carbonyl (C=O) groups excluding carboxylic acids is 1. The molecule has 0 saturated heterocycles. The van der Waals surface area contributed by atoms with Crippen molar-refractivity contribution in [1.29, 1.82) is 5.26 Å². The molecule has 1 aromatic heterocycles. The van der Waals surface area contributed by atoms with Gasteiger partial charge in [-0.25, -0.2) is 4.79 Å². The van der Waals surface area contributed by atoms with E-state index in [-0.39, 0.29) is 0 Å². The molecule has 0 unspecified atom stereocenters. The van der Waals surface area contributed by atoms with Crippen LogP contribution < -0.4 is 5.32 Å². The molecule has 0 aliphatic heterocycles. The van der Waals surface area contributed by atoms with E-state index in [4.69, 9.17) is 14.5 Å². The van der Waals surface area contributed by atoms with Crippen LogP contribution >= 0.6 is 0 Å². The number of nitrogens with zero attached hydrogens (tertiary/aromatic N) is 2. The number of aryl methyl sites for hydroxylation is 2. The summed E-state index contributed by atoms with van der Waals surface area (Å²) in [6, 6.07) is 8.28. The minimum atomic E-state index is -0.660. The van der Waals surface area contributed by atoms with Gasteiger partial charge in [0.05, 0.1) is 24.4 Å². The number of nitriles is 1. The van der Waals surface area contributed by atoms with Crippen molar-refractivity contribution in [2.75, 3.05) is 7.11 Å². The Morgan fingerprint density at radius 1 is 1.50 bits per heavy atom. The van der Waals surface area contributed by atoms with Gasteiger partial charge in [-0.05, 0) is 31.5 Å². The van der Waals surface area contributed by atoms with E-state index in [0.29, 0.717) is 23.4 Å². The molecule has 0 aliphatic rings. The summed E-state index contributed by atoms with van der Waals surface area (Å²) in [5, 5.41) is 16.0. The first kappa shape index (κ1) is 15.7. The molecule has 0 fully saturated rings. The summed E-state index contributed by atoms with van der Waals surface area (Å²) in [6.45, 7) is 4.08. The summed E-state index contributed by atoms with van der Waals surface area (Å²) in [7, 11) is 1.33. The molecule has 6 nitrogen and oxygen atoms in total. The second-order valence-electron chi connectivity index (χ2n) is 4.88. The molecular formula is C16H17N3O3. The zero-order valence-electron chi connectivity index (χ0n) is 12.7. The van der Waals surface area contributed by atoms with Crippen molar-refractivity contribution < 1.29 is 14.1 Å². The van der Waals surface area contributed by atoms with Crippen molar-refractivity contribution in [1.82, 2.24) is 10.5 Å². The third-order valence-corrected chi connectivity index (χ3v) is 3.45. The molecule has 0 aliphatic carbocycles. The number of methoxy groups -OCH3 is 1. The zero-order chi connectivity index (χ0) is 16.1. The van der Waals surface area contributed by atoms with Crippen LogP contribution in [0.15, 0.2) is 28.8 Å². The lowest BCUT2D eigenvalue weighted by molar-refractivity contribution is -0.143. The summed E-state index contributed by atoms with van der Waals surface area (Å²) in [5.41, 5.74) is 2.85. The van der Waals surface area contributed by atoms with E-state index in [9.17, 15) is 4.79 Å². The molecule has 0 amide bonds. The van der Waals surface area contributed by atoms with Crippen LogP contribution in [0.2, 0.25) is 0 Å². The average molecular weight is 299 g/mol. The van der Waals surface area contributed by atoms with Crippen molar-refractivity contribution in [2.24, 2.45) is 0 Å². The van der Waals surface area contributed by atoms with Gasteiger partial charge in [-0.15, -0.1) is 0 Å². The summed E-state index contributed by atoms with van der Waals surface area (Å²) in [4.78, 5) is 12.0. The molecule has 22 heavy (non-hydrogen) atoms. The van der Waals surface area contributed by atoms with Gasteiger partial charge in [-0.1, -0.05) is 17.3 Å². The fourth-order valence-electron chi connectivity index (χ4n) is 2.20. The molecule has 1 atom stereocenters. The number of benzene rings is 1. The molecular weight excluding hydrogens is 282 g/mol. The fourth-order valence-corrected chi connectivity index (χ4v) is 2.20. The second-order valence-corrected chi connectivity index (χ2v) is 4.88. The maximum absolute atomic E-state index is 12.0. The van der Waals surface area contributed by atoms with Crippen LogP contribution in [0.3, 0.4) is 0 Å². The lowest BCUT2D eigenvalue weighted by Crippen LogP contribution is -2.29. The third-order valence-electron chi connectivity index (χ3n) is 3.45. The van der Waals surface area contributed by atoms with Gasteiger partial charge in [0.15, 0.2) is 0 Å². The number of rotatable bonds is 5. The van der Waals surface area contributed by atoms with Gasteiger partial charge in [-0.3, -0.25) is 5.32 Å². The SMILES string of the molecule is COC(=O)[C@H](NCc1c(C)noc1C)c1cccc(C#N)c1. The first-order valence-electron chi connectivity index (χ1n) is 6.79. The molecule has 6 heteroatoms. The van der Waals surface area contributed by atoms with Gasteiger partial charge in [0.25, 0.3) is 0 Å². The van der Waals surface area contributed by atoms with Gasteiger partial charge < -0.3 is 9.26 Å². The number of hydrogen-bond acceptors (Lipinski definition) is 6. The normalized spacial score (nSPS) is 11.7. The van der Waals surface area contributed by atoms with Gasteiger partial charge >= 0.3 is 5.97 Å². The van der Waals surface area contributed by atoms with Crippen LogP contribution in [0.25, 0.3) is 0 Å². The summed E-state index contributed by atoms with van der Waals surface area (Å²) >= 11 is 0. The Morgan fingerprint density at radius 3 is 2.86 bits per heavy atom. The second kappa shape index (κ2) is 6.87. The summed E-state index contributed by atoms with van der Waals surface area (Å²) < 4.78 is 9.95. The van der Waals surface area contributed by atoms with Crippen molar-refractivity contribution in [3.05, 3.63) is 52.4 Å². The molecule has 114 valence electrons. The Balaban J connectivity index is 2.24. The predicted octanol–water partition coefficient (Wildman–Crippen LogP) is 2.17. The van der Waals surface area contributed by atoms with E-state index in [1.165, 1.54) is 7.11 Å². The van der Waals surface area contributed by atoms with E-state index in [0.717, 1.165) is 11.3 Å². The van der Waals surface area contributed by atoms with Gasteiger partial charge in [0.2, 0.25) is 0 Å². The Kier molecular flexibility index (Phi) is 4.92. The molecule has 1 aromatic carbocycles. The van der Waals surface area contributed by atoms with E-state index in [1.54, 1.807) is 24.3 Å².